The van der Waals surface area contributed by atoms with Crippen LogP contribution in [0.1, 0.15) is 31.9 Å². The quantitative estimate of drug-likeness (QED) is 0.296. The van der Waals surface area contributed by atoms with Gasteiger partial charge in [0.2, 0.25) is 0 Å². The smallest absolute Gasteiger partial charge is 0.410 e. The number of halogens is 1. The van der Waals surface area contributed by atoms with Crippen LogP contribution in [0.25, 0.3) is 16.9 Å². The summed E-state index contributed by atoms with van der Waals surface area (Å²) >= 11 is 0. The minimum absolute atomic E-state index is 0.0102. The van der Waals surface area contributed by atoms with Gasteiger partial charge in [0.15, 0.2) is 0 Å². The largest absolute Gasteiger partial charge is 0.444 e. The van der Waals surface area contributed by atoms with E-state index in [1.807, 2.05) is 0 Å². The van der Waals surface area contributed by atoms with Gasteiger partial charge in [0.1, 0.15) is 11.4 Å². The molecule has 39 heavy (non-hydrogen) atoms. The molecule has 0 saturated carbocycles. The van der Waals surface area contributed by atoms with Crippen molar-refractivity contribution in [3.05, 3.63) is 90.1 Å². The molecule has 0 N–H and O–H groups in total. The topological polar surface area (TPSA) is 95.7 Å². The summed E-state index contributed by atoms with van der Waals surface area (Å²) in [6, 6.07) is 13.8. The van der Waals surface area contributed by atoms with Gasteiger partial charge in [-0.1, -0.05) is 18.2 Å². The fourth-order valence-corrected chi connectivity index (χ4v) is 5.40. The standard InChI is InChI=1S/C28H31FN4O5S/c1-28(2,3)38-27(34)31(4)16-20-13-26(24-11-6-7-12-25(24)29)33(18-20)39(35,36)23-10-8-9-22(14-23)32-17-21(15-30-32)19-37-5/h6-15,17-18H,16,19H2,1-5H3. The number of amides is 1. The molecule has 0 fully saturated rings. The molecule has 0 saturated heterocycles. The van der Waals surface area contributed by atoms with Crippen LogP contribution in [0.5, 0.6) is 0 Å². The molecule has 2 aromatic heterocycles. The average molecular weight is 555 g/mol. The Morgan fingerprint density at radius 3 is 2.49 bits per heavy atom. The highest BCUT2D eigenvalue weighted by molar-refractivity contribution is 7.90. The maximum Gasteiger partial charge on any atom is 0.410 e. The summed E-state index contributed by atoms with van der Waals surface area (Å²) in [5, 5.41) is 4.29. The number of hydrogen-bond donors (Lipinski definition) is 0. The van der Waals surface area contributed by atoms with Crippen molar-refractivity contribution >= 4 is 16.1 Å². The molecule has 2 heterocycles. The molecule has 11 heteroatoms. The van der Waals surface area contributed by atoms with E-state index in [1.54, 1.807) is 76.3 Å². The van der Waals surface area contributed by atoms with Gasteiger partial charge < -0.3 is 14.4 Å². The zero-order chi connectivity index (χ0) is 28.4. The molecular weight excluding hydrogens is 523 g/mol. The van der Waals surface area contributed by atoms with E-state index in [0.29, 0.717) is 17.9 Å². The molecule has 206 valence electrons. The molecule has 4 rings (SSSR count). The number of nitrogens with zero attached hydrogens (tertiary/aromatic N) is 4. The van der Waals surface area contributed by atoms with Gasteiger partial charge >= 0.3 is 6.09 Å². The molecule has 0 bridgehead atoms. The van der Waals surface area contributed by atoms with Crippen molar-refractivity contribution in [2.45, 2.75) is 44.4 Å². The van der Waals surface area contributed by atoms with E-state index in [9.17, 15) is 17.6 Å². The fourth-order valence-electron chi connectivity index (χ4n) is 3.97. The van der Waals surface area contributed by atoms with E-state index < -0.39 is 27.5 Å². The van der Waals surface area contributed by atoms with E-state index in [1.165, 1.54) is 41.4 Å². The number of rotatable bonds is 8. The third kappa shape index (κ3) is 6.37. The molecule has 0 radical (unpaired) electrons. The third-order valence-electron chi connectivity index (χ3n) is 5.70. The molecule has 0 unspecified atom stereocenters. The first kappa shape index (κ1) is 28.1. The second-order valence-electron chi connectivity index (χ2n) is 10.1. The highest BCUT2D eigenvalue weighted by Crippen LogP contribution is 2.30. The van der Waals surface area contributed by atoms with Crippen molar-refractivity contribution in [1.82, 2.24) is 18.7 Å². The zero-order valence-electron chi connectivity index (χ0n) is 22.5. The maximum atomic E-state index is 14.9. The van der Waals surface area contributed by atoms with Crippen molar-refractivity contribution < 1.29 is 27.1 Å². The van der Waals surface area contributed by atoms with E-state index in [-0.39, 0.29) is 22.7 Å². The Bertz CT molecular complexity index is 1590. The minimum atomic E-state index is -4.18. The Labute approximate surface area is 227 Å². The van der Waals surface area contributed by atoms with Crippen LogP contribution in [0, 0.1) is 5.82 Å². The summed E-state index contributed by atoms with van der Waals surface area (Å²) in [5.41, 5.74) is 1.40. The monoisotopic (exact) mass is 554 g/mol. The number of carbonyl (C=O) groups is 1. The summed E-state index contributed by atoms with van der Waals surface area (Å²) in [5.74, 6) is -0.574. The number of benzene rings is 2. The second kappa shape index (κ2) is 11.0. The molecule has 0 aliphatic carbocycles. The Morgan fingerprint density at radius 1 is 1.05 bits per heavy atom. The van der Waals surface area contributed by atoms with Crippen LogP contribution >= 0.6 is 0 Å². The normalized spacial score (nSPS) is 11.9. The van der Waals surface area contributed by atoms with Crippen LogP contribution in [-0.2, 0) is 32.6 Å². The predicted molar refractivity (Wildman–Crippen MR) is 144 cm³/mol. The van der Waals surface area contributed by atoms with Gasteiger partial charge in [-0.3, -0.25) is 0 Å². The lowest BCUT2D eigenvalue weighted by atomic mass is 10.1. The van der Waals surface area contributed by atoms with Gasteiger partial charge in [-0.05, 0) is 62.7 Å². The Kier molecular flexibility index (Phi) is 7.94. The molecule has 0 atom stereocenters. The van der Waals surface area contributed by atoms with Crippen molar-refractivity contribution in [3.8, 4) is 16.9 Å². The molecule has 4 aromatic rings. The predicted octanol–water partition coefficient (Wildman–Crippen LogP) is 5.23. The lowest BCUT2D eigenvalue weighted by Gasteiger charge is -2.24. The molecule has 1 amide bonds. The first-order chi connectivity index (χ1) is 18.4. The van der Waals surface area contributed by atoms with Crippen LogP contribution in [0.3, 0.4) is 0 Å². The maximum absolute atomic E-state index is 14.9. The van der Waals surface area contributed by atoms with Gasteiger partial charge in [-0.2, -0.15) is 5.10 Å². The van der Waals surface area contributed by atoms with Gasteiger partial charge in [0.05, 0.1) is 35.6 Å². The number of hydrogen-bond acceptors (Lipinski definition) is 6. The number of ether oxygens (including phenoxy) is 2. The van der Waals surface area contributed by atoms with Gasteiger partial charge in [-0.25, -0.2) is 26.3 Å². The Morgan fingerprint density at radius 2 is 1.79 bits per heavy atom. The Balaban J connectivity index is 1.75. The van der Waals surface area contributed by atoms with E-state index in [0.717, 1.165) is 9.54 Å². The van der Waals surface area contributed by atoms with E-state index >= 15 is 0 Å². The van der Waals surface area contributed by atoms with Crippen LogP contribution in [0.15, 0.2) is 78.1 Å². The van der Waals surface area contributed by atoms with Crippen LogP contribution in [0.2, 0.25) is 0 Å². The zero-order valence-corrected chi connectivity index (χ0v) is 23.3. The molecule has 0 spiro atoms. The molecule has 0 aliphatic heterocycles. The highest BCUT2D eigenvalue weighted by Gasteiger charge is 2.26. The average Bonchev–Trinajstić information content (AvgIpc) is 3.51. The highest BCUT2D eigenvalue weighted by atomic mass is 32.2. The molecule has 9 nitrogen and oxygen atoms in total. The van der Waals surface area contributed by atoms with Crippen molar-refractivity contribution in [1.29, 1.82) is 0 Å². The molecular formula is C28H31FN4O5S. The summed E-state index contributed by atoms with van der Waals surface area (Å²) < 4.78 is 55.9. The third-order valence-corrected chi connectivity index (χ3v) is 7.37. The molecule has 0 aliphatic rings. The summed E-state index contributed by atoms with van der Waals surface area (Å²) in [6.45, 7) is 5.69. The first-order valence-electron chi connectivity index (χ1n) is 12.2. The number of methoxy groups -OCH3 is 1. The van der Waals surface area contributed by atoms with Gasteiger partial charge in [0.25, 0.3) is 10.0 Å². The molecule has 2 aromatic carbocycles. The Hall–Kier alpha value is -3.96. The van der Waals surface area contributed by atoms with Crippen LogP contribution in [-0.4, -0.2) is 52.9 Å². The van der Waals surface area contributed by atoms with Gasteiger partial charge in [0, 0.05) is 37.7 Å². The summed E-state index contributed by atoms with van der Waals surface area (Å²) in [6.07, 6.45) is 4.22. The minimum Gasteiger partial charge on any atom is -0.444 e. The van der Waals surface area contributed by atoms with Crippen molar-refractivity contribution in [2.24, 2.45) is 0 Å². The van der Waals surface area contributed by atoms with Crippen molar-refractivity contribution in [2.75, 3.05) is 14.2 Å². The number of aromatic nitrogens is 3. The van der Waals surface area contributed by atoms with Gasteiger partial charge in [-0.15, -0.1) is 0 Å². The second-order valence-corrected chi connectivity index (χ2v) is 11.9. The van der Waals surface area contributed by atoms with Crippen molar-refractivity contribution in [3.63, 3.8) is 0 Å². The van der Waals surface area contributed by atoms with Crippen LogP contribution < -0.4 is 0 Å². The lowest BCUT2D eigenvalue weighted by Crippen LogP contribution is -2.33. The first-order valence-corrected chi connectivity index (χ1v) is 13.6. The van der Waals surface area contributed by atoms with E-state index in [2.05, 4.69) is 5.10 Å². The summed E-state index contributed by atoms with van der Waals surface area (Å²) in [7, 11) is -1.06. The lowest BCUT2D eigenvalue weighted by molar-refractivity contribution is 0.0285. The summed E-state index contributed by atoms with van der Waals surface area (Å²) in [4.78, 5) is 13.8. The fraction of sp³-hybridized carbons (Fsp3) is 0.286. The van der Waals surface area contributed by atoms with E-state index in [4.69, 9.17) is 9.47 Å². The number of carbonyl (C=O) groups excluding carboxylic acids is 1. The SMILES string of the molecule is COCc1cnn(-c2cccc(S(=O)(=O)n3cc(CN(C)C(=O)OC(C)(C)C)cc3-c3ccccc3F)c2)c1. The van der Waals surface area contributed by atoms with Crippen LogP contribution in [0.4, 0.5) is 9.18 Å².